The van der Waals surface area contributed by atoms with Gasteiger partial charge in [-0.25, -0.2) is 0 Å². The van der Waals surface area contributed by atoms with E-state index in [0.29, 0.717) is 19.6 Å². The maximum atomic E-state index is 10.8. The number of morpholine rings is 1. The fraction of sp³-hybridized carbons (Fsp3) is 0.857. The van der Waals surface area contributed by atoms with Crippen molar-refractivity contribution in [1.82, 2.24) is 5.32 Å². The monoisotopic (exact) mass is 157 g/mol. The van der Waals surface area contributed by atoms with E-state index in [0.717, 1.165) is 6.42 Å². The number of piperidine rings is 1. The Morgan fingerprint density at radius 1 is 1.73 bits per heavy atom. The Kier molecular flexibility index (Phi) is 1.40. The second-order valence-corrected chi connectivity index (χ2v) is 3.24. The molecule has 4 heteroatoms. The average molecular weight is 157 g/mol. The number of carboxylic acid groups (broad SMARTS) is 1. The largest absolute Gasteiger partial charge is 0.480 e. The first-order valence-corrected chi connectivity index (χ1v) is 3.83. The van der Waals surface area contributed by atoms with Crippen LogP contribution in [0.4, 0.5) is 0 Å². The smallest absolute Gasteiger partial charge is 0.326 e. The van der Waals surface area contributed by atoms with Gasteiger partial charge in [-0.3, -0.25) is 10.1 Å². The van der Waals surface area contributed by atoms with Crippen LogP contribution in [0.25, 0.3) is 0 Å². The first kappa shape index (κ1) is 7.06. The zero-order valence-electron chi connectivity index (χ0n) is 6.17. The van der Waals surface area contributed by atoms with Crippen molar-refractivity contribution in [2.75, 3.05) is 13.2 Å². The molecule has 3 saturated heterocycles. The Hall–Kier alpha value is -0.610. The van der Waals surface area contributed by atoms with Gasteiger partial charge in [0.25, 0.3) is 0 Å². The number of rotatable bonds is 1. The minimum atomic E-state index is -0.782. The van der Waals surface area contributed by atoms with E-state index < -0.39 is 11.5 Å². The number of nitrogens with one attached hydrogen (secondary N) is 1. The molecule has 2 N–H and O–H groups in total. The van der Waals surface area contributed by atoms with Crippen molar-refractivity contribution in [2.24, 2.45) is 0 Å². The van der Waals surface area contributed by atoms with Crippen LogP contribution in [-0.4, -0.2) is 35.9 Å². The number of carboxylic acids is 1. The molecule has 0 aromatic heterocycles. The van der Waals surface area contributed by atoms with Crippen molar-refractivity contribution in [1.29, 1.82) is 0 Å². The van der Waals surface area contributed by atoms with Crippen molar-refractivity contribution in [3.63, 3.8) is 0 Å². The number of carbonyl (C=O) groups is 1. The van der Waals surface area contributed by atoms with Crippen LogP contribution in [-0.2, 0) is 9.53 Å². The summed E-state index contributed by atoms with van der Waals surface area (Å²) in [5.41, 5.74) is -0.769. The molecule has 0 aromatic rings. The molecule has 4 nitrogen and oxygen atoms in total. The summed E-state index contributed by atoms with van der Waals surface area (Å²) < 4.78 is 5.30. The number of hydrogen-bond donors (Lipinski definition) is 2. The van der Waals surface area contributed by atoms with Crippen LogP contribution in [0.15, 0.2) is 0 Å². The summed E-state index contributed by atoms with van der Waals surface area (Å²) in [4.78, 5) is 10.8. The third kappa shape index (κ3) is 0.937. The van der Waals surface area contributed by atoms with Gasteiger partial charge < -0.3 is 9.84 Å². The molecule has 11 heavy (non-hydrogen) atoms. The highest BCUT2D eigenvalue weighted by Gasteiger charge is 2.46. The van der Waals surface area contributed by atoms with Crippen molar-refractivity contribution >= 4 is 5.97 Å². The molecule has 3 rings (SSSR count). The molecule has 2 unspecified atom stereocenters. The molecule has 0 aromatic carbocycles. The Balaban J connectivity index is 2.18. The lowest BCUT2D eigenvalue weighted by molar-refractivity contribution is -0.161. The highest BCUT2D eigenvalue weighted by Crippen LogP contribution is 2.27. The number of ether oxygens (including phenoxy) is 1. The lowest BCUT2D eigenvalue weighted by Crippen LogP contribution is -2.65. The highest BCUT2D eigenvalue weighted by molar-refractivity contribution is 5.79. The van der Waals surface area contributed by atoms with Crippen LogP contribution < -0.4 is 5.32 Å². The van der Waals surface area contributed by atoms with Gasteiger partial charge in [0, 0.05) is 6.54 Å². The molecule has 0 spiro atoms. The molecule has 2 bridgehead atoms. The molecule has 0 saturated carbocycles. The van der Waals surface area contributed by atoms with Gasteiger partial charge in [0.1, 0.15) is 5.54 Å². The van der Waals surface area contributed by atoms with E-state index >= 15 is 0 Å². The standard InChI is InChI=1S/C7H11NO3/c9-6(10)7-2-1-5(3-8-7)11-4-7/h5,8H,1-4H2,(H,9,10). The predicted molar refractivity (Wildman–Crippen MR) is 37.3 cm³/mol. The topological polar surface area (TPSA) is 58.6 Å². The summed E-state index contributed by atoms with van der Waals surface area (Å²) in [6, 6.07) is 0. The van der Waals surface area contributed by atoms with Crippen LogP contribution in [0, 0.1) is 0 Å². The van der Waals surface area contributed by atoms with Crippen molar-refractivity contribution in [3.05, 3.63) is 0 Å². The van der Waals surface area contributed by atoms with Gasteiger partial charge in [-0.05, 0) is 12.8 Å². The molecular weight excluding hydrogens is 146 g/mol. The number of aliphatic carboxylic acids is 1. The number of hydrogen-bond acceptors (Lipinski definition) is 3. The van der Waals surface area contributed by atoms with Crippen molar-refractivity contribution < 1.29 is 14.6 Å². The van der Waals surface area contributed by atoms with E-state index in [2.05, 4.69) is 5.32 Å². The molecule has 2 atom stereocenters. The second kappa shape index (κ2) is 2.19. The third-order valence-corrected chi connectivity index (χ3v) is 2.54. The molecule has 3 aliphatic heterocycles. The van der Waals surface area contributed by atoms with Crippen LogP contribution >= 0.6 is 0 Å². The molecule has 0 amide bonds. The lowest BCUT2D eigenvalue weighted by Gasteiger charge is -2.44. The van der Waals surface area contributed by atoms with E-state index in [1.807, 2.05) is 0 Å². The summed E-state index contributed by atoms with van der Waals surface area (Å²) in [6.45, 7) is 1.01. The molecule has 3 heterocycles. The van der Waals surface area contributed by atoms with Crippen LogP contribution in [0.2, 0.25) is 0 Å². The second-order valence-electron chi connectivity index (χ2n) is 3.24. The Bertz CT molecular complexity index is 170. The number of fused-ring (bicyclic) bond motifs is 3. The Morgan fingerprint density at radius 2 is 2.55 bits per heavy atom. The highest BCUT2D eigenvalue weighted by atomic mass is 16.5. The van der Waals surface area contributed by atoms with Crippen molar-refractivity contribution in [3.8, 4) is 0 Å². The predicted octanol–water partition coefficient (Wildman–Crippen LogP) is -0.408. The van der Waals surface area contributed by atoms with Gasteiger partial charge in [0.05, 0.1) is 12.7 Å². The first-order chi connectivity index (χ1) is 5.23. The van der Waals surface area contributed by atoms with E-state index in [1.165, 1.54) is 0 Å². The molecule has 0 aliphatic carbocycles. The van der Waals surface area contributed by atoms with Gasteiger partial charge >= 0.3 is 5.97 Å². The lowest BCUT2D eigenvalue weighted by atomic mass is 9.86. The van der Waals surface area contributed by atoms with E-state index in [4.69, 9.17) is 9.84 Å². The fourth-order valence-corrected chi connectivity index (χ4v) is 1.68. The molecule has 3 fully saturated rings. The van der Waals surface area contributed by atoms with Gasteiger partial charge in [-0.1, -0.05) is 0 Å². The maximum absolute atomic E-state index is 10.8. The van der Waals surface area contributed by atoms with Gasteiger partial charge in [0.15, 0.2) is 0 Å². The van der Waals surface area contributed by atoms with Crippen molar-refractivity contribution in [2.45, 2.75) is 24.5 Å². The summed E-state index contributed by atoms with van der Waals surface area (Å²) in [5, 5.41) is 11.9. The first-order valence-electron chi connectivity index (χ1n) is 3.83. The van der Waals surface area contributed by atoms with Gasteiger partial charge in [-0.2, -0.15) is 0 Å². The Labute approximate surface area is 64.5 Å². The minimum absolute atomic E-state index is 0.247. The van der Waals surface area contributed by atoms with E-state index in [1.54, 1.807) is 0 Å². The summed E-state index contributed by atoms with van der Waals surface area (Å²) in [7, 11) is 0. The SMILES string of the molecule is O=C(O)C12CCC(CN1)OC2. The molecule has 0 radical (unpaired) electrons. The van der Waals surface area contributed by atoms with E-state index in [-0.39, 0.29) is 6.10 Å². The van der Waals surface area contributed by atoms with Gasteiger partial charge in [-0.15, -0.1) is 0 Å². The summed E-state index contributed by atoms with van der Waals surface area (Å²) in [6.07, 6.45) is 1.82. The Morgan fingerprint density at radius 3 is 2.82 bits per heavy atom. The quantitative estimate of drug-likeness (QED) is 0.543. The average Bonchev–Trinajstić information content (AvgIpc) is 2.08. The molecule has 62 valence electrons. The fourth-order valence-electron chi connectivity index (χ4n) is 1.68. The van der Waals surface area contributed by atoms with Crippen LogP contribution in [0.5, 0.6) is 0 Å². The van der Waals surface area contributed by atoms with Crippen LogP contribution in [0.3, 0.4) is 0 Å². The molecule has 3 aliphatic rings. The van der Waals surface area contributed by atoms with Gasteiger partial charge in [0.2, 0.25) is 0 Å². The third-order valence-electron chi connectivity index (χ3n) is 2.54. The summed E-state index contributed by atoms with van der Waals surface area (Å²) >= 11 is 0. The zero-order chi connectivity index (χ0) is 7.90. The maximum Gasteiger partial charge on any atom is 0.326 e. The molecular formula is C7H11NO3. The minimum Gasteiger partial charge on any atom is -0.480 e. The van der Waals surface area contributed by atoms with E-state index in [9.17, 15) is 4.79 Å². The zero-order valence-corrected chi connectivity index (χ0v) is 6.17. The normalized spacial score (nSPS) is 42.4. The van der Waals surface area contributed by atoms with Crippen LogP contribution in [0.1, 0.15) is 12.8 Å². The summed E-state index contributed by atoms with van der Waals surface area (Å²) in [5.74, 6) is -0.782.